The van der Waals surface area contributed by atoms with Crippen LogP contribution >= 0.6 is 11.6 Å². The first-order valence-electron chi connectivity index (χ1n) is 13.3. The van der Waals surface area contributed by atoms with Crippen LogP contribution in [0.3, 0.4) is 0 Å². The lowest BCUT2D eigenvalue weighted by molar-refractivity contribution is -0.145. The molecule has 3 aromatic carbocycles. The summed E-state index contributed by atoms with van der Waals surface area (Å²) in [6, 6.07) is 13.3. The third kappa shape index (κ3) is 8.53. The van der Waals surface area contributed by atoms with Crippen molar-refractivity contribution in [3.05, 3.63) is 47.5 Å². The number of fused-ring (bicyclic) bond motifs is 2. The fourth-order valence-corrected chi connectivity index (χ4v) is 4.34. The Kier molecular flexibility index (Phi) is 11.8. The molecule has 0 fully saturated rings. The lowest BCUT2D eigenvalue weighted by Gasteiger charge is -2.18. The smallest absolute Gasteiger partial charge is 0.305 e. The number of unbranched alkanes of at least 4 members (excludes halogenated alkanes) is 4. The fraction of sp³-hybridized carbons (Fsp3) is 0.467. The van der Waals surface area contributed by atoms with Gasteiger partial charge in [0.2, 0.25) is 0 Å². The van der Waals surface area contributed by atoms with Gasteiger partial charge < -0.3 is 18.9 Å². The van der Waals surface area contributed by atoms with Gasteiger partial charge in [-0.2, -0.15) is 0 Å². The Balaban J connectivity index is 1.74. The Morgan fingerprint density at radius 1 is 0.649 bits per heavy atom. The molecule has 0 saturated heterocycles. The molecular formula is C30H37ClO6. The van der Waals surface area contributed by atoms with Crippen LogP contribution in [0.15, 0.2) is 42.5 Å². The molecule has 0 saturated carbocycles. The molecule has 0 aliphatic carbocycles. The SMILES string of the molecule is CCCCCC(=O)OCCOc1c2ccccc2c(OCCOC(=O)CCCCC)c2cc(Cl)ccc12. The Morgan fingerprint density at radius 3 is 1.65 bits per heavy atom. The highest BCUT2D eigenvalue weighted by Crippen LogP contribution is 2.43. The molecule has 0 bridgehead atoms. The predicted octanol–water partition coefficient (Wildman–Crippen LogP) is 7.65. The minimum absolute atomic E-state index is 0.170. The molecule has 0 aliphatic heterocycles. The average Bonchev–Trinajstić information content (AvgIpc) is 2.89. The molecule has 0 unspecified atom stereocenters. The van der Waals surface area contributed by atoms with Gasteiger partial charge in [0.15, 0.2) is 0 Å². The van der Waals surface area contributed by atoms with E-state index in [1.807, 2.05) is 36.4 Å². The summed E-state index contributed by atoms with van der Waals surface area (Å²) < 4.78 is 23.0. The van der Waals surface area contributed by atoms with Crippen molar-refractivity contribution in [3.8, 4) is 11.5 Å². The van der Waals surface area contributed by atoms with Gasteiger partial charge in [-0.3, -0.25) is 9.59 Å². The lowest BCUT2D eigenvalue weighted by atomic mass is 10.0. The zero-order valence-corrected chi connectivity index (χ0v) is 22.6. The zero-order valence-electron chi connectivity index (χ0n) is 21.9. The second kappa shape index (κ2) is 15.3. The summed E-state index contributed by atoms with van der Waals surface area (Å²) in [5, 5.41) is 3.94. The summed E-state index contributed by atoms with van der Waals surface area (Å²) in [6.45, 7) is 5.00. The van der Waals surface area contributed by atoms with Gasteiger partial charge >= 0.3 is 11.9 Å². The van der Waals surface area contributed by atoms with E-state index in [0.29, 0.717) is 29.4 Å². The number of ether oxygens (including phenoxy) is 4. The molecule has 7 heteroatoms. The minimum atomic E-state index is -0.204. The van der Waals surface area contributed by atoms with Crippen LogP contribution in [-0.4, -0.2) is 38.4 Å². The number of esters is 2. The van der Waals surface area contributed by atoms with Crippen molar-refractivity contribution in [2.45, 2.75) is 65.2 Å². The van der Waals surface area contributed by atoms with Crippen LogP contribution in [-0.2, 0) is 19.1 Å². The summed E-state index contributed by atoms with van der Waals surface area (Å²) in [7, 11) is 0. The van der Waals surface area contributed by atoms with E-state index in [9.17, 15) is 9.59 Å². The van der Waals surface area contributed by atoms with Crippen LogP contribution in [0.4, 0.5) is 0 Å². The molecule has 200 valence electrons. The van der Waals surface area contributed by atoms with Crippen molar-refractivity contribution >= 4 is 45.1 Å². The van der Waals surface area contributed by atoms with E-state index >= 15 is 0 Å². The Bertz CT molecular complexity index is 1180. The second-order valence-electron chi connectivity index (χ2n) is 8.95. The number of halogens is 1. The maximum Gasteiger partial charge on any atom is 0.305 e. The van der Waals surface area contributed by atoms with Crippen LogP contribution in [0.1, 0.15) is 65.2 Å². The van der Waals surface area contributed by atoms with E-state index < -0.39 is 0 Å². The monoisotopic (exact) mass is 528 g/mol. The predicted molar refractivity (Wildman–Crippen MR) is 148 cm³/mol. The van der Waals surface area contributed by atoms with Gasteiger partial charge in [0.25, 0.3) is 0 Å². The van der Waals surface area contributed by atoms with E-state index in [-0.39, 0.29) is 38.4 Å². The first-order chi connectivity index (χ1) is 18.0. The Morgan fingerprint density at radius 2 is 1.14 bits per heavy atom. The molecule has 3 aromatic rings. The quantitative estimate of drug-likeness (QED) is 0.108. The Labute approximate surface area is 224 Å². The zero-order chi connectivity index (χ0) is 26.5. The van der Waals surface area contributed by atoms with Gasteiger partial charge in [-0.25, -0.2) is 0 Å². The lowest BCUT2D eigenvalue weighted by Crippen LogP contribution is -2.13. The van der Waals surface area contributed by atoms with Crippen LogP contribution < -0.4 is 9.47 Å². The average molecular weight is 529 g/mol. The van der Waals surface area contributed by atoms with E-state index in [2.05, 4.69) is 13.8 Å². The third-order valence-electron chi connectivity index (χ3n) is 6.04. The van der Waals surface area contributed by atoms with Gasteiger partial charge in [0.1, 0.15) is 37.9 Å². The molecule has 6 nitrogen and oxygen atoms in total. The van der Waals surface area contributed by atoms with Gasteiger partial charge in [0, 0.05) is 39.4 Å². The fourth-order valence-electron chi connectivity index (χ4n) is 4.16. The topological polar surface area (TPSA) is 71.1 Å². The third-order valence-corrected chi connectivity index (χ3v) is 6.28. The van der Waals surface area contributed by atoms with Crippen molar-refractivity contribution in [2.24, 2.45) is 0 Å². The number of carbonyl (C=O) groups is 2. The van der Waals surface area contributed by atoms with Crippen molar-refractivity contribution in [1.29, 1.82) is 0 Å². The highest BCUT2D eigenvalue weighted by molar-refractivity contribution is 6.31. The molecule has 0 spiro atoms. The highest BCUT2D eigenvalue weighted by atomic mass is 35.5. The molecule has 0 atom stereocenters. The normalized spacial score (nSPS) is 11.0. The van der Waals surface area contributed by atoms with Gasteiger partial charge in [-0.15, -0.1) is 0 Å². The number of hydrogen-bond acceptors (Lipinski definition) is 6. The van der Waals surface area contributed by atoms with Crippen LogP contribution in [0.5, 0.6) is 11.5 Å². The number of carbonyl (C=O) groups excluding carboxylic acids is 2. The standard InChI is InChI=1S/C30H37ClO6/c1-3-5-7-13-27(32)34-17-19-36-29-23-11-9-10-12-24(23)30(26-21-22(31)15-16-25(26)29)37-20-18-35-28(33)14-8-6-4-2/h9-12,15-16,21H,3-8,13-14,17-20H2,1-2H3. The van der Waals surface area contributed by atoms with Gasteiger partial charge in [-0.05, 0) is 31.0 Å². The van der Waals surface area contributed by atoms with E-state index in [1.54, 1.807) is 6.07 Å². The molecule has 0 aliphatic rings. The van der Waals surface area contributed by atoms with Crippen molar-refractivity contribution < 1.29 is 28.5 Å². The summed E-state index contributed by atoms with van der Waals surface area (Å²) in [5.74, 6) is 0.932. The van der Waals surface area contributed by atoms with Gasteiger partial charge in [-0.1, -0.05) is 75.4 Å². The summed E-state index contributed by atoms with van der Waals surface area (Å²) in [5.41, 5.74) is 0. The van der Waals surface area contributed by atoms with E-state index in [4.69, 9.17) is 30.5 Å². The highest BCUT2D eigenvalue weighted by Gasteiger charge is 2.17. The summed E-state index contributed by atoms with van der Waals surface area (Å²) in [4.78, 5) is 23.9. The summed E-state index contributed by atoms with van der Waals surface area (Å²) in [6.07, 6.45) is 6.68. The van der Waals surface area contributed by atoms with Crippen LogP contribution in [0, 0.1) is 0 Å². The molecular weight excluding hydrogens is 492 g/mol. The number of benzene rings is 3. The maximum absolute atomic E-state index is 11.9. The molecule has 0 amide bonds. The molecule has 0 aromatic heterocycles. The summed E-state index contributed by atoms with van der Waals surface area (Å²) >= 11 is 6.35. The van der Waals surface area contributed by atoms with Crippen molar-refractivity contribution in [3.63, 3.8) is 0 Å². The van der Waals surface area contributed by atoms with Crippen LogP contribution in [0.25, 0.3) is 21.5 Å². The van der Waals surface area contributed by atoms with Crippen molar-refractivity contribution in [2.75, 3.05) is 26.4 Å². The second-order valence-corrected chi connectivity index (χ2v) is 9.38. The number of hydrogen-bond donors (Lipinski definition) is 0. The van der Waals surface area contributed by atoms with Crippen LogP contribution in [0.2, 0.25) is 5.02 Å². The molecule has 3 rings (SSSR count). The maximum atomic E-state index is 11.9. The first-order valence-corrected chi connectivity index (χ1v) is 13.6. The van der Waals surface area contributed by atoms with E-state index in [0.717, 1.165) is 60.1 Å². The molecule has 0 radical (unpaired) electrons. The molecule has 0 N–H and O–H groups in total. The Hall–Kier alpha value is -2.99. The largest absolute Gasteiger partial charge is 0.489 e. The minimum Gasteiger partial charge on any atom is -0.489 e. The molecule has 0 heterocycles. The first kappa shape index (κ1) is 28.6. The van der Waals surface area contributed by atoms with Crippen molar-refractivity contribution in [1.82, 2.24) is 0 Å². The van der Waals surface area contributed by atoms with Gasteiger partial charge in [0.05, 0.1) is 0 Å². The number of rotatable bonds is 16. The van der Waals surface area contributed by atoms with E-state index in [1.165, 1.54) is 0 Å². The molecule has 37 heavy (non-hydrogen) atoms.